The Labute approximate surface area is 67.6 Å². The molecule has 0 saturated heterocycles. The number of aliphatic carboxylic acids is 1. The number of rotatable bonds is 6. The highest BCUT2D eigenvalue weighted by atomic mass is 16.4. The lowest BCUT2D eigenvalue weighted by Crippen LogP contribution is -2.64. The van der Waals surface area contributed by atoms with Crippen LogP contribution in [0.1, 0.15) is 39.0 Å². The molecule has 0 fully saturated rings. The summed E-state index contributed by atoms with van der Waals surface area (Å²) in [7, 11) is 0. The molecule has 0 aromatic heterocycles. The summed E-state index contributed by atoms with van der Waals surface area (Å²) in [6, 6.07) is -0.410. The Morgan fingerprint density at radius 1 is 1.45 bits per heavy atom. The van der Waals surface area contributed by atoms with Gasteiger partial charge in [-0.05, 0) is 6.42 Å². The van der Waals surface area contributed by atoms with Crippen LogP contribution in [0.25, 0.3) is 0 Å². The van der Waals surface area contributed by atoms with Gasteiger partial charge in [0, 0.05) is 6.42 Å². The quantitative estimate of drug-likeness (QED) is 0.560. The molecule has 0 aromatic rings. The Kier molecular flexibility index (Phi) is 5.84. The Balaban J connectivity index is 3.17. The van der Waals surface area contributed by atoms with E-state index < -0.39 is 12.0 Å². The van der Waals surface area contributed by atoms with Crippen LogP contribution in [0.15, 0.2) is 0 Å². The molecule has 0 aliphatic heterocycles. The topological polar surface area (TPSA) is 64.9 Å². The van der Waals surface area contributed by atoms with Gasteiger partial charge in [-0.1, -0.05) is 26.2 Å². The van der Waals surface area contributed by atoms with Crippen LogP contribution in [0.4, 0.5) is 0 Å². The van der Waals surface area contributed by atoms with E-state index in [1.807, 2.05) is 0 Å². The van der Waals surface area contributed by atoms with Crippen molar-refractivity contribution >= 4 is 5.97 Å². The molecule has 11 heavy (non-hydrogen) atoms. The summed E-state index contributed by atoms with van der Waals surface area (Å²) >= 11 is 0. The highest BCUT2D eigenvalue weighted by Gasteiger charge is 2.13. The second-order valence-corrected chi connectivity index (χ2v) is 2.88. The maximum Gasteiger partial charge on any atom is 0.362 e. The van der Waals surface area contributed by atoms with E-state index in [0.717, 1.165) is 19.3 Å². The third-order valence-corrected chi connectivity index (χ3v) is 1.76. The molecule has 1 atom stereocenters. The number of hydrogen-bond donors (Lipinski definition) is 2. The molecule has 0 radical (unpaired) electrons. The molecular weight excluding hydrogens is 142 g/mol. The van der Waals surface area contributed by atoms with Crippen LogP contribution in [0, 0.1) is 0 Å². The predicted octanol–water partition coefficient (Wildman–Crippen LogP) is 0.652. The van der Waals surface area contributed by atoms with Crippen molar-refractivity contribution in [2.45, 2.75) is 45.1 Å². The van der Waals surface area contributed by atoms with Gasteiger partial charge in [-0.25, -0.2) is 4.79 Å². The van der Waals surface area contributed by atoms with Crippen molar-refractivity contribution in [2.75, 3.05) is 0 Å². The normalized spacial score (nSPS) is 12.9. The zero-order valence-corrected chi connectivity index (χ0v) is 7.18. The Bertz CT molecular complexity index is 115. The van der Waals surface area contributed by atoms with E-state index >= 15 is 0 Å². The van der Waals surface area contributed by atoms with Crippen molar-refractivity contribution in [1.82, 2.24) is 0 Å². The van der Waals surface area contributed by atoms with Gasteiger partial charge in [0.05, 0.1) is 0 Å². The zero-order valence-electron chi connectivity index (χ0n) is 7.18. The van der Waals surface area contributed by atoms with Crippen LogP contribution in [-0.4, -0.2) is 17.1 Å². The van der Waals surface area contributed by atoms with Crippen LogP contribution in [-0.2, 0) is 4.79 Å². The first-order valence-electron chi connectivity index (χ1n) is 4.24. The number of quaternary nitrogens is 1. The Morgan fingerprint density at radius 3 is 2.55 bits per heavy atom. The molecule has 0 amide bonds. The average Bonchev–Trinajstić information content (AvgIpc) is 1.97. The van der Waals surface area contributed by atoms with E-state index in [2.05, 4.69) is 12.7 Å². The van der Waals surface area contributed by atoms with Crippen LogP contribution in [0.5, 0.6) is 0 Å². The van der Waals surface area contributed by atoms with Gasteiger partial charge in [-0.3, -0.25) is 0 Å². The molecule has 4 N–H and O–H groups in total. The maximum absolute atomic E-state index is 10.3. The molecule has 3 heteroatoms. The highest BCUT2D eigenvalue weighted by Crippen LogP contribution is 2.03. The number of carboxylic acid groups (broad SMARTS) is 1. The van der Waals surface area contributed by atoms with Crippen molar-refractivity contribution in [3.05, 3.63) is 0 Å². The summed E-state index contributed by atoms with van der Waals surface area (Å²) in [5.74, 6) is -0.776. The summed E-state index contributed by atoms with van der Waals surface area (Å²) in [6.07, 6.45) is 5.24. The standard InChI is InChI=1S/C8H17NO2/c1-2-3-4-5-6-7(9)8(10)11/h7H,2-6,9H2,1H3,(H,10,11)/p+1. The zero-order chi connectivity index (χ0) is 8.69. The second kappa shape index (κ2) is 6.16. The minimum atomic E-state index is -0.776. The molecule has 0 heterocycles. The van der Waals surface area contributed by atoms with E-state index in [-0.39, 0.29) is 0 Å². The molecule has 0 aromatic carbocycles. The third-order valence-electron chi connectivity index (χ3n) is 1.76. The molecule has 66 valence electrons. The maximum atomic E-state index is 10.3. The van der Waals surface area contributed by atoms with Crippen molar-refractivity contribution < 1.29 is 15.6 Å². The molecule has 0 spiro atoms. The van der Waals surface area contributed by atoms with Crippen LogP contribution in [0.2, 0.25) is 0 Å². The van der Waals surface area contributed by atoms with Crippen LogP contribution >= 0.6 is 0 Å². The molecule has 0 saturated carbocycles. The molecule has 3 nitrogen and oxygen atoms in total. The highest BCUT2D eigenvalue weighted by molar-refractivity contribution is 5.71. The largest absolute Gasteiger partial charge is 0.477 e. The lowest BCUT2D eigenvalue weighted by atomic mass is 10.1. The average molecular weight is 160 g/mol. The van der Waals surface area contributed by atoms with Gasteiger partial charge >= 0.3 is 5.97 Å². The van der Waals surface area contributed by atoms with Crippen LogP contribution in [0.3, 0.4) is 0 Å². The van der Waals surface area contributed by atoms with Gasteiger partial charge in [0.2, 0.25) is 0 Å². The first-order chi connectivity index (χ1) is 5.18. The van der Waals surface area contributed by atoms with E-state index in [9.17, 15) is 4.79 Å². The van der Waals surface area contributed by atoms with E-state index in [1.165, 1.54) is 12.8 Å². The van der Waals surface area contributed by atoms with Crippen molar-refractivity contribution in [1.29, 1.82) is 0 Å². The van der Waals surface area contributed by atoms with Crippen LogP contribution < -0.4 is 5.73 Å². The van der Waals surface area contributed by atoms with Crippen molar-refractivity contribution in [3.63, 3.8) is 0 Å². The smallest absolute Gasteiger partial charge is 0.362 e. The third kappa shape index (κ3) is 5.85. The first kappa shape index (κ1) is 10.4. The monoisotopic (exact) mass is 160 g/mol. The number of unbranched alkanes of at least 4 members (excludes halogenated alkanes) is 3. The summed E-state index contributed by atoms with van der Waals surface area (Å²) < 4.78 is 0. The summed E-state index contributed by atoms with van der Waals surface area (Å²) in [5, 5.41) is 8.48. The van der Waals surface area contributed by atoms with Gasteiger partial charge < -0.3 is 10.8 Å². The molecule has 0 bridgehead atoms. The van der Waals surface area contributed by atoms with Gasteiger partial charge in [-0.2, -0.15) is 0 Å². The van der Waals surface area contributed by atoms with Gasteiger partial charge in [0.25, 0.3) is 0 Å². The molecule has 0 rings (SSSR count). The SMILES string of the molecule is CCCCCCC([NH3+])C(=O)O. The fraction of sp³-hybridized carbons (Fsp3) is 0.875. The summed E-state index contributed by atoms with van der Waals surface area (Å²) in [5.41, 5.74) is 3.54. The van der Waals surface area contributed by atoms with E-state index in [1.54, 1.807) is 0 Å². The van der Waals surface area contributed by atoms with E-state index in [0.29, 0.717) is 0 Å². The van der Waals surface area contributed by atoms with E-state index in [4.69, 9.17) is 5.11 Å². The fourth-order valence-electron chi connectivity index (χ4n) is 0.941. The molecule has 1 unspecified atom stereocenters. The number of carbonyl (C=O) groups is 1. The minimum Gasteiger partial charge on any atom is -0.477 e. The lowest BCUT2D eigenvalue weighted by Gasteiger charge is -2.01. The predicted molar refractivity (Wildman–Crippen MR) is 43.1 cm³/mol. The Hall–Kier alpha value is -0.570. The molecule has 0 aliphatic carbocycles. The number of carboxylic acids is 1. The van der Waals surface area contributed by atoms with Gasteiger partial charge in [-0.15, -0.1) is 0 Å². The first-order valence-corrected chi connectivity index (χ1v) is 4.24. The lowest BCUT2D eigenvalue weighted by molar-refractivity contribution is -0.409. The van der Waals surface area contributed by atoms with Gasteiger partial charge in [0.1, 0.15) is 0 Å². The summed E-state index contributed by atoms with van der Waals surface area (Å²) in [6.45, 7) is 2.14. The molecule has 0 aliphatic rings. The number of hydrogen-bond acceptors (Lipinski definition) is 1. The molecular formula is C8H18NO2+. The second-order valence-electron chi connectivity index (χ2n) is 2.88. The minimum absolute atomic E-state index is 0.410. The fourth-order valence-corrected chi connectivity index (χ4v) is 0.941. The van der Waals surface area contributed by atoms with Crippen molar-refractivity contribution in [2.24, 2.45) is 0 Å². The summed E-state index contributed by atoms with van der Waals surface area (Å²) in [4.78, 5) is 10.3. The Morgan fingerprint density at radius 2 is 2.09 bits per heavy atom. The van der Waals surface area contributed by atoms with Crippen molar-refractivity contribution in [3.8, 4) is 0 Å². The van der Waals surface area contributed by atoms with Gasteiger partial charge in [0.15, 0.2) is 6.04 Å².